The van der Waals surface area contributed by atoms with Crippen molar-refractivity contribution in [3.63, 3.8) is 0 Å². The zero-order chi connectivity index (χ0) is 20.3. The number of hydrogen-bond donors (Lipinski definition) is 0. The Morgan fingerprint density at radius 3 is 2.64 bits per heavy atom. The van der Waals surface area contributed by atoms with Crippen molar-refractivity contribution in [1.29, 1.82) is 5.26 Å². The molecule has 0 N–H and O–H groups in total. The summed E-state index contributed by atoms with van der Waals surface area (Å²) >= 11 is 6.04. The van der Waals surface area contributed by atoms with Crippen molar-refractivity contribution < 1.29 is 17.5 Å². The summed E-state index contributed by atoms with van der Waals surface area (Å²) in [6.07, 6.45) is 2.57. The Balaban J connectivity index is 2.03. The van der Waals surface area contributed by atoms with Crippen LogP contribution in [0.4, 0.5) is 4.39 Å². The van der Waals surface area contributed by atoms with Gasteiger partial charge in [-0.2, -0.15) is 9.57 Å². The summed E-state index contributed by atoms with van der Waals surface area (Å²) in [4.78, 5) is 1.48. The van der Waals surface area contributed by atoms with E-state index >= 15 is 0 Å². The number of likely N-dealkylation sites (tertiary alicyclic amines) is 1. The highest BCUT2D eigenvalue weighted by Crippen LogP contribution is 2.33. The van der Waals surface area contributed by atoms with Crippen molar-refractivity contribution in [3.8, 4) is 11.9 Å². The number of benzene rings is 2. The summed E-state index contributed by atoms with van der Waals surface area (Å²) in [5.41, 5.74) is 0.640. The second kappa shape index (κ2) is 8.35. The summed E-state index contributed by atoms with van der Waals surface area (Å²) in [5.74, 6) is -0.213. The first-order valence-electron chi connectivity index (χ1n) is 8.59. The standard InChI is InChI=1S/C19H19ClFN3O3S/c1-27-18-7-4-15(20)10-19(18)28(25,26)24(17-8-9-23(12-17)13-22)11-14-2-5-16(21)6-3-14/h2-7,10,17H,8-9,11-12H2,1H3/t17-/m1/s1. The smallest absolute Gasteiger partial charge is 0.247 e. The minimum atomic E-state index is -4.00. The van der Waals surface area contributed by atoms with Gasteiger partial charge in [0.25, 0.3) is 0 Å². The highest BCUT2D eigenvalue weighted by atomic mass is 35.5. The van der Waals surface area contributed by atoms with E-state index in [0.29, 0.717) is 25.1 Å². The molecule has 2 aromatic carbocycles. The lowest BCUT2D eigenvalue weighted by Crippen LogP contribution is -2.41. The van der Waals surface area contributed by atoms with E-state index in [0.717, 1.165) is 0 Å². The van der Waals surface area contributed by atoms with Crippen LogP contribution in [0.5, 0.6) is 5.75 Å². The van der Waals surface area contributed by atoms with E-state index in [2.05, 4.69) is 6.19 Å². The van der Waals surface area contributed by atoms with E-state index in [9.17, 15) is 12.8 Å². The van der Waals surface area contributed by atoms with Crippen LogP contribution in [0.1, 0.15) is 12.0 Å². The molecule has 1 heterocycles. The monoisotopic (exact) mass is 423 g/mol. The summed E-state index contributed by atoms with van der Waals surface area (Å²) < 4.78 is 46.9. The van der Waals surface area contributed by atoms with Crippen LogP contribution in [0.2, 0.25) is 5.02 Å². The number of nitriles is 1. The molecule has 0 unspecified atom stereocenters. The van der Waals surface area contributed by atoms with Crippen molar-refractivity contribution in [2.75, 3.05) is 20.2 Å². The molecule has 1 aliphatic rings. The lowest BCUT2D eigenvalue weighted by Gasteiger charge is -2.28. The first-order chi connectivity index (χ1) is 13.3. The molecular weight excluding hydrogens is 405 g/mol. The molecule has 0 bridgehead atoms. The topological polar surface area (TPSA) is 73.6 Å². The zero-order valence-electron chi connectivity index (χ0n) is 15.2. The van der Waals surface area contributed by atoms with Crippen LogP contribution in [0, 0.1) is 17.3 Å². The van der Waals surface area contributed by atoms with Crippen LogP contribution >= 0.6 is 11.6 Å². The molecule has 1 saturated heterocycles. The lowest BCUT2D eigenvalue weighted by atomic mass is 10.2. The summed E-state index contributed by atoms with van der Waals surface area (Å²) in [7, 11) is -2.61. The number of rotatable bonds is 6. The maximum absolute atomic E-state index is 13.5. The van der Waals surface area contributed by atoms with Gasteiger partial charge in [0.15, 0.2) is 6.19 Å². The molecule has 9 heteroatoms. The zero-order valence-corrected chi connectivity index (χ0v) is 16.8. The van der Waals surface area contributed by atoms with Gasteiger partial charge in [-0.15, -0.1) is 0 Å². The quantitative estimate of drug-likeness (QED) is 0.667. The van der Waals surface area contributed by atoms with E-state index in [1.54, 1.807) is 18.2 Å². The summed E-state index contributed by atoms with van der Waals surface area (Å²) in [6, 6.07) is 9.67. The fourth-order valence-corrected chi connectivity index (χ4v) is 5.28. The van der Waals surface area contributed by atoms with Gasteiger partial charge in [0.1, 0.15) is 16.5 Å². The predicted molar refractivity (Wildman–Crippen MR) is 103 cm³/mol. The summed E-state index contributed by atoms with van der Waals surface area (Å²) in [5, 5.41) is 9.42. The summed E-state index contributed by atoms with van der Waals surface area (Å²) in [6.45, 7) is 0.811. The molecule has 6 nitrogen and oxygen atoms in total. The Morgan fingerprint density at radius 2 is 2.04 bits per heavy atom. The van der Waals surface area contributed by atoms with Crippen LogP contribution < -0.4 is 4.74 Å². The van der Waals surface area contributed by atoms with Gasteiger partial charge in [0.2, 0.25) is 10.0 Å². The molecule has 1 aliphatic heterocycles. The first-order valence-corrected chi connectivity index (χ1v) is 10.4. The van der Waals surface area contributed by atoms with Crippen molar-refractivity contribution in [1.82, 2.24) is 9.21 Å². The first kappa shape index (κ1) is 20.4. The Hall–Kier alpha value is -2.34. The van der Waals surface area contributed by atoms with Crippen molar-refractivity contribution in [2.45, 2.75) is 23.9 Å². The molecule has 1 fully saturated rings. The molecule has 3 rings (SSSR count). The third kappa shape index (κ3) is 4.22. The molecule has 28 heavy (non-hydrogen) atoms. The third-order valence-electron chi connectivity index (χ3n) is 4.68. The van der Waals surface area contributed by atoms with Crippen molar-refractivity contribution in [3.05, 3.63) is 58.9 Å². The van der Waals surface area contributed by atoms with Gasteiger partial charge in [-0.25, -0.2) is 12.8 Å². The highest BCUT2D eigenvalue weighted by molar-refractivity contribution is 7.89. The second-order valence-corrected chi connectivity index (χ2v) is 8.76. The largest absolute Gasteiger partial charge is 0.495 e. The molecule has 2 aromatic rings. The molecule has 1 atom stereocenters. The maximum atomic E-state index is 13.5. The number of sulfonamides is 1. The Morgan fingerprint density at radius 1 is 1.32 bits per heavy atom. The average Bonchev–Trinajstić information content (AvgIpc) is 3.16. The average molecular weight is 424 g/mol. The fraction of sp³-hybridized carbons (Fsp3) is 0.316. The SMILES string of the molecule is COc1ccc(Cl)cc1S(=O)(=O)N(Cc1ccc(F)cc1)[C@@H]1CCN(C#N)C1. The minimum Gasteiger partial charge on any atom is -0.495 e. The maximum Gasteiger partial charge on any atom is 0.247 e. The van der Waals surface area contributed by atoms with E-state index in [1.165, 1.54) is 40.6 Å². The van der Waals surface area contributed by atoms with Gasteiger partial charge in [-0.3, -0.25) is 0 Å². The van der Waals surface area contributed by atoms with Crippen LogP contribution in [-0.4, -0.2) is 43.9 Å². The second-order valence-electron chi connectivity index (χ2n) is 6.46. The minimum absolute atomic E-state index is 0.0416. The molecule has 0 aliphatic carbocycles. The number of nitrogens with zero attached hydrogens (tertiary/aromatic N) is 3. The molecule has 148 valence electrons. The van der Waals surface area contributed by atoms with Crippen LogP contribution in [-0.2, 0) is 16.6 Å². The Labute approximate surface area is 168 Å². The number of methoxy groups -OCH3 is 1. The predicted octanol–water partition coefficient (Wildman–Crippen LogP) is 3.23. The van der Waals surface area contributed by atoms with E-state index in [4.69, 9.17) is 21.6 Å². The van der Waals surface area contributed by atoms with Gasteiger partial charge < -0.3 is 9.64 Å². The van der Waals surface area contributed by atoms with Gasteiger partial charge >= 0.3 is 0 Å². The van der Waals surface area contributed by atoms with Crippen LogP contribution in [0.3, 0.4) is 0 Å². The molecule has 0 saturated carbocycles. The lowest BCUT2D eigenvalue weighted by molar-refractivity contribution is 0.311. The highest BCUT2D eigenvalue weighted by Gasteiger charge is 2.37. The van der Waals surface area contributed by atoms with Gasteiger partial charge in [-0.05, 0) is 42.3 Å². The van der Waals surface area contributed by atoms with E-state index in [1.807, 2.05) is 0 Å². The van der Waals surface area contributed by atoms with Crippen molar-refractivity contribution >= 4 is 21.6 Å². The normalized spacial score (nSPS) is 17.0. The Kier molecular flexibility index (Phi) is 6.08. The Bertz CT molecular complexity index is 992. The van der Waals surface area contributed by atoms with E-state index < -0.39 is 21.9 Å². The number of halogens is 2. The van der Waals surface area contributed by atoms with E-state index in [-0.39, 0.29) is 22.2 Å². The van der Waals surface area contributed by atoms with Gasteiger partial charge in [-0.1, -0.05) is 23.7 Å². The van der Waals surface area contributed by atoms with Gasteiger partial charge in [0, 0.05) is 30.7 Å². The molecule has 0 amide bonds. The van der Waals surface area contributed by atoms with Gasteiger partial charge in [0.05, 0.1) is 7.11 Å². The molecule has 0 aromatic heterocycles. The molecule has 0 radical (unpaired) electrons. The molecular formula is C19H19ClFN3O3S. The number of hydrogen-bond acceptors (Lipinski definition) is 5. The molecule has 0 spiro atoms. The van der Waals surface area contributed by atoms with Crippen LogP contribution in [0.15, 0.2) is 47.4 Å². The fourth-order valence-electron chi connectivity index (χ4n) is 3.23. The van der Waals surface area contributed by atoms with Crippen LogP contribution in [0.25, 0.3) is 0 Å². The third-order valence-corrected chi connectivity index (χ3v) is 6.83. The number of ether oxygens (including phenoxy) is 1. The van der Waals surface area contributed by atoms with Crippen molar-refractivity contribution in [2.24, 2.45) is 0 Å².